The predicted molar refractivity (Wildman–Crippen MR) is 137 cm³/mol. The van der Waals surface area contributed by atoms with E-state index in [1.54, 1.807) is 65.5 Å². The zero-order valence-corrected chi connectivity index (χ0v) is 21.4. The zero-order chi connectivity index (χ0) is 26.5. The summed E-state index contributed by atoms with van der Waals surface area (Å²) < 4.78 is 10.9. The van der Waals surface area contributed by atoms with E-state index in [0.29, 0.717) is 55.3 Å². The maximum atomic E-state index is 13.4. The highest BCUT2D eigenvalue weighted by Gasteiger charge is 2.49. The molecule has 1 unspecified atom stereocenters. The molecular formula is C28H33N3O6. The summed E-state index contributed by atoms with van der Waals surface area (Å²) in [6, 6.07) is 9.32. The summed E-state index contributed by atoms with van der Waals surface area (Å²) in [5.41, 5.74) is 1.04. The molecule has 1 N–H and O–H groups in total. The lowest BCUT2D eigenvalue weighted by atomic mass is 9.94. The number of nitrogens with zero attached hydrogens (tertiary/aromatic N) is 3. The van der Waals surface area contributed by atoms with Gasteiger partial charge >= 0.3 is 6.09 Å². The first kappa shape index (κ1) is 26.2. The quantitative estimate of drug-likeness (QED) is 0.340. The summed E-state index contributed by atoms with van der Waals surface area (Å²) in [5.74, 6) is -0.779. The fourth-order valence-corrected chi connectivity index (χ4v) is 4.78. The highest BCUT2D eigenvalue weighted by Crippen LogP contribution is 2.42. The monoisotopic (exact) mass is 507 g/mol. The summed E-state index contributed by atoms with van der Waals surface area (Å²) in [7, 11) is 0. The summed E-state index contributed by atoms with van der Waals surface area (Å²) in [6.45, 7) is 7.44. The maximum absolute atomic E-state index is 13.4. The number of piperidine rings is 1. The van der Waals surface area contributed by atoms with E-state index in [0.717, 1.165) is 0 Å². The van der Waals surface area contributed by atoms with E-state index in [9.17, 15) is 19.5 Å². The van der Waals surface area contributed by atoms with Gasteiger partial charge in [-0.15, -0.1) is 0 Å². The van der Waals surface area contributed by atoms with Crippen molar-refractivity contribution in [3.05, 3.63) is 65.5 Å². The Kier molecular flexibility index (Phi) is 8.11. The summed E-state index contributed by atoms with van der Waals surface area (Å²) in [6.07, 6.45) is 3.81. The number of rotatable bonds is 7. The van der Waals surface area contributed by atoms with Crippen LogP contribution < -0.4 is 4.74 Å². The molecule has 2 fully saturated rings. The van der Waals surface area contributed by atoms with E-state index in [1.165, 1.54) is 0 Å². The van der Waals surface area contributed by atoms with Gasteiger partial charge in [0.25, 0.3) is 11.7 Å². The van der Waals surface area contributed by atoms with Crippen molar-refractivity contribution in [2.75, 3.05) is 26.3 Å². The number of aliphatic hydroxyl groups is 1. The minimum Gasteiger partial charge on any atom is -0.507 e. The number of hydrogen-bond acceptors (Lipinski definition) is 7. The third-order valence-electron chi connectivity index (χ3n) is 6.55. The average molecular weight is 508 g/mol. The average Bonchev–Trinajstić information content (AvgIpc) is 3.18. The second-order valence-corrected chi connectivity index (χ2v) is 9.64. The molecule has 0 aliphatic carbocycles. The first-order valence-electron chi connectivity index (χ1n) is 12.7. The molecule has 2 aliphatic heterocycles. The van der Waals surface area contributed by atoms with Crippen LogP contribution in [0.4, 0.5) is 4.79 Å². The SMILES string of the molecule is CCOC(=O)N1CCC(N2C(=O)C(=O)/C(=C(/O)c3cccc(OCC(C)C)c3)C2c2cccnc2)CC1. The van der Waals surface area contributed by atoms with Crippen LogP contribution in [-0.2, 0) is 14.3 Å². The van der Waals surface area contributed by atoms with Gasteiger partial charge in [0.1, 0.15) is 11.5 Å². The zero-order valence-electron chi connectivity index (χ0n) is 21.4. The van der Waals surface area contributed by atoms with Crippen LogP contribution in [0.3, 0.4) is 0 Å². The third kappa shape index (κ3) is 5.60. The molecule has 196 valence electrons. The molecule has 0 saturated carbocycles. The van der Waals surface area contributed by atoms with Crippen LogP contribution in [-0.4, -0.2) is 70.0 Å². The number of Topliss-reactive ketones (excluding diaryl/α,β-unsaturated/α-hetero) is 1. The topological polar surface area (TPSA) is 109 Å². The van der Waals surface area contributed by atoms with E-state index in [4.69, 9.17) is 9.47 Å². The highest BCUT2D eigenvalue weighted by atomic mass is 16.6. The Hall–Kier alpha value is -3.88. The predicted octanol–water partition coefficient (Wildman–Crippen LogP) is 4.16. The summed E-state index contributed by atoms with van der Waals surface area (Å²) in [5, 5.41) is 11.4. The van der Waals surface area contributed by atoms with Gasteiger partial charge in [-0.1, -0.05) is 32.0 Å². The molecule has 2 saturated heterocycles. The smallest absolute Gasteiger partial charge is 0.409 e. The van der Waals surface area contributed by atoms with E-state index in [2.05, 4.69) is 4.98 Å². The van der Waals surface area contributed by atoms with E-state index >= 15 is 0 Å². The molecule has 0 radical (unpaired) electrons. The molecule has 1 aromatic carbocycles. The van der Waals surface area contributed by atoms with Crippen LogP contribution in [0.25, 0.3) is 5.76 Å². The summed E-state index contributed by atoms with van der Waals surface area (Å²) >= 11 is 0. The largest absolute Gasteiger partial charge is 0.507 e. The fraction of sp³-hybridized carbons (Fsp3) is 0.429. The Balaban J connectivity index is 1.69. The molecule has 2 aromatic rings. The van der Waals surface area contributed by atoms with Gasteiger partial charge in [-0.05, 0) is 49.4 Å². The second kappa shape index (κ2) is 11.5. The van der Waals surface area contributed by atoms with Gasteiger partial charge in [-0.3, -0.25) is 14.6 Å². The van der Waals surface area contributed by atoms with Crippen LogP contribution in [0.15, 0.2) is 54.4 Å². The van der Waals surface area contributed by atoms with Crippen molar-refractivity contribution < 1.29 is 29.0 Å². The van der Waals surface area contributed by atoms with Crippen molar-refractivity contribution in [1.29, 1.82) is 0 Å². The Morgan fingerprint density at radius 1 is 1.16 bits per heavy atom. The molecule has 3 heterocycles. The molecule has 9 nitrogen and oxygen atoms in total. The lowest BCUT2D eigenvalue weighted by molar-refractivity contribution is -0.142. The van der Waals surface area contributed by atoms with E-state index in [-0.39, 0.29) is 30.1 Å². The number of hydrogen-bond donors (Lipinski definition) is 1. The molecule has 1 aromatic heterocycles. The second-order valence-electron chi connectivity index (χ2n) is 9.64. The molecule has 0 bridgehead atoms. The number of aliphatic hydroxyl groups excluding tert-OH is 1. The number of amides is 2. The molecule has 0 spiro atoms. The fourth-order valence-electron chi connectivity index (χ4n) is 4.78. The van der Waals surface area contributed by atoms with Gasteiger partial charge in [0.15, 0.2) is 0 Å². The van der Waals surface area contributed by atoms with Crippen LogP contribution in [0.1, 0.15) is 50.8 Å². The van der Waals surface area contributed by atoms with Gasteiger partial charge in [0.2, 0.25) is 0 Å². The van der Waals surface area contributed by atoms with Crippen LogP contribution in [0, 0.1) is 5.92 Å². The third-order valence-corrected chi connectivity index (χ3v) is 6.55. The van der Waals surface area contributed by atoms with Crippen LogP contribution in [0.5, 0.6) is 5.75 Å². The van der Waals surface area contributed by atoms with Gasteiger partial charge in [0, 0.05) is 37.1 Å². The number of carbonyl (C=O) groups is 3. The van der Waals surface area contributed by atoms with Gasteiger partial charge < -0.3 is 24.4 Å². The number of carbonyl (C=O) groups excluding carboxylic acids is 3. The Morgan fingerprint density at radius 2 is 1.92 bits per heavy atom. The number of ketones is 1. The number of benzene rings is 1. The number of likely N-dealkylation sites (tertiary alicyclic amines) is 2. The number of pyridine rings is 1. The van der Waals surface area contributed by atoms with Gasteiger partial charge in [0.05, 0.1) is 24.8 Å². The normalized spacial score (nSPS) is 19.9. The first-order valence-corrected chi connectivity index (χ1v) is 12.7. The van der Waals surface area contributed by atoms with E-state index < -0.39 is 17.7 Å². The van der Waals surface area contributed by atoms with Crippen LogP contribution in [0.2, 0.25) is 0 Å². The lowest BCUT2D eigenvalue weighted by Crippen LogP contribution is -2.48. The molecule has 2 amide bonds. The minimum absolute atomic E-state index is 0.0202. The Morgan fingerprint density at radius 3 is 2.57 bits per heavy atom. The number of ether oxygens (including phenoxy) is 2. The molecule has 37 heavy (non-hydrogen) atoms. The van der Waals surface area contributed by atoms with Crippen molar-refractivity contribution in [3.63, 3.8) is 0 Å². The molecule has 4 rings (SSSR count). The lowest BCUT2D eigenvalue weighted by Gasteiger charge is -2.38. The van der Waals surface area contributed by atoms with Gasteiger partial charge in [-0.25, -0.2) is 4.79 Å². The minimum atomic E-state index is -0.798. The molecule has 9 heteroatoms. The van der Waals surface area contributed by atoms with Crippen molar-refractivity contribution in [1.82, 2.24) is 14.8 Å². The van der Waals surface area contributed by atoms with Crippen LogP contribution >= 0.6 is 0 Å². The molecular weight excluding hydrogens is 474 g/mol. The standard InChI is InChI=1S/C28H33N3O6/c1-4-36-28(35)30-13-10-21(11-14-30)31-24(20-8-6-12-29-16-20)23(26(33)27(31)34)25(32)19-7-5-9-22(15-19)37-17-18(2)3/h5-9,12,15-16,18,21,24,32H,4,10-11,13-14,17H2,1-3H3/b25-23+. The summed E-state index contributed by atoms with van der Waals surface area (Å²) in [4.78, 5) is 46.2. The number of aromatic nitrogens is 1. The van der Waals surface area contributed by atoms with Crippen molar-refractivity contribution in [3.8, 4) is 5.75 Å². The Bertz CT molecular complexity index is 1170. The van der Waals surface area contributed by atoms with E-state index in [1.807, 2.05) is 13.8 Å². The van der Waals surface area contributed by atoms with Crippen molar-refractivity contribution in [2.45, 2.75) is 45.7 Å². The molecule has 2 aliphatic rings. The highest BCUT2D eigenvalue weighted by molar-refractivity contribution is 6.46. The van der Waals surface area contributed by atoms with Gasteiger partial charge in [-0.2, -0.15) is 0 Å². The van der Waals surface area contributed by atoms with Crippen molar-refractivity contribution in [2.24, 2.45) is 5.92 Å². The molecule has 1 atom stereocenters. The maximum Gasteiger partial charge on any atom is 0.409 e. The Labute approximate surface area is 216 Å². The first-order chi connectivity index (χ1) is 17.8. The van der Waals surface area contributed by atoms with Crippen molar-refractivity contribution >= 4 is 23.5 Å².